The Balaban J connectivity index is 1.70. The summed E-state index contributed by atoms with van der Waals surface area (Å²) in [6.07, 6.45) is 4.57. The van der Waals surface area contributed by atoms with Gasteiger partial charge in [-0.15, -0.1) is 11.3 Å². The van der Waals surface area contributed by atoms with Crippen LogP contribution in [0.3, 0.4) is 0 Å². The maximum Gasteiger partial charge on any atom is 0.259 e. The Morgan fingerprint density at radius 3 is 2.62 bits per heavy atom. The summed E-state index contributed by atoms with van der Waals surface area (Å²) in [4.78, 5) is 19.3. The zero-order chi connectivity index (χ0) is 23.0. The summed E-state index contributed by atoms with van der Waals surface area (Å²) in [7, 11) is 0. The molecule has 0 aliphatic heterocycles. The van der Waals surface area contributed by atoms with E-state index in [4.69, 9.17) is 16.0 Å². The van der Waals surface area contributed by atoms with Crippen LogP contribution in [-0.4, -0.2) is 12.1 Å². The lowest BCUT2D eigenvalue weighted by Gasteiger charge is -2.33. The molecular formula is C24H23Br2ClN2O2S. The summed E-state index contributed by atoms with van der Waals surface area (Å²) >= 11 is 14.4. The number of halogens is 3. The number of carbonyl (C=O) groups excluding carboxylic acids is 1. The van der Waals surface area contributed by atoms with E-state index in [0.29, 0.717) is 37.6 Å². The van der Waals surface area contributed by atoms with Gasteiger partial charge >= 0.3 is 0 Å². The van der Waals surface area contributed by atoms with Crippen LogP contribution in [0.5, 0.6) is 0 Å². The first kappa shape index (κ1) is 23.7. The molecule has 32 heavy (non-hydrogen) atoms. The van der Waals surface area contributed by atoms with Gasteiger partial charge < -0.3 is 9.73 Å². The number of aliphatic imine (C=N–C) groups is 1. The first-order valence-electron chi connectivity index (χ1n) is 10.3. The number of furan rings is 1. The Hall–Kier alpha value is -1.41. The van der Waals surface area contributed by atoms with Gasteiger partial charge in [-0.1, -0.05) is 32.4 Å². The molecule has 0 bridgehead atoms. The van der Waals surface area contributed by atoms with Gasteiger partial charge in [-0.25, -0.2) is 4.99 Å². The number of hydrogen-bond donors (Lipinski definition) is 1. The molecule has 1 N–H and O–H groups in total. The highest BCUT2D eigenvalue weighted by atomic mass is 79.9. The second-order valence-electron chi connectivity index (χ2n) is 8.98. The molecule has 0 saturated heterocycles. The van der Waals surface area contributed by atoms with Crippen LogP contribution in [-0.2, 0) is 12.8 Å². The Bertz CT molecular complexity index is 1160. The molecule has 1 aliphatic rings. The molecule has 1 aromatic carbocycles. The number of anilines is 1. The van der Waals surface area contributed by atoms with E-state index in [2.05, 4.69) is 62.9 Å². The van der Waals surface area contributed by atoms with Gasteiger partial charge in [0.25, 0.3) is 5.91 Å². The van der Waals surface area contributed by atoms with Crippen molar-refractivity contribution < 1.29 is 9.21 Å². The summed E-state index contributed by atoms with van der Waals surface area (Å²) in [6.45, 7) is 6.86. The third-order valence-corrected chi connectivity index (χ3v) is 8.90. The van der Waals surface area contributed by atoms with E-state index in [1.807, 2.05) is 6.07 Å². The molecule has 2 heterocycles. The van der Waals surface area contributed by atoms with Crippen LogP contribution in [0.25, 0.3) is 0 Å². The molecule has 0 fully saturated rings. The normalized spacial score (nSPS) is 16.4. The zero-order valence-corrected chi connectivity index (χ0v) is 22.7. The molecular weight excluding hydrogens is 576 g/mol. The van der Waals surface area contributed by atoms with Gasteiger partial charge in [0.05, 0.1) is 16.3 Å². The Morgan fingerprint density at radius 2 is 2.00 bits per heavy atom. The largest absolute Gasteiger partial charge is 0.447 e. The fraction of sp³-hybridized carbons (Fsp3) is 0.333. The summed E-state index contributed by atoms with van der Waals surface area (Å²) in [5.74, 6) is 1.04. The van der Waals surface area contributed by atoms with Crippen LogP contribution in [0.2, 0.25) is 5.02 Å². The summed E-state index contributed by atoms with van der Waals surface area (Å²) < 4.78 is 7.05. The maximum absolute atomic E-state index is 13.4. The Morgan fingerprint density at radius 1 is 1.28 bits per heavy atom. The topological polar surface area (TPSA) is 54.6 Å². The minimum Gasteiger partial charge on any atom is -0.447 e. The van der Waals surface area contributed by atoms with Gasteiger partial charge in [0, 0.05) is 21.7 Å². The van der Waals surface area contributed by atoms with E-state index < -0.39 is 0 Å². The fourth-order valence-corrected chi connectivity index (χ4v) is 5.91. The van der Waals surface area contributed by atoms with E-state index in [1.165, 1.54) is 4.88 Å². The molecule has 2 aromatic heterocycles. The standard InChI is InChI=1S/C24H23Br2ClN2O2S/c1-24(2,3)13-4-9-17-19(10-13)32-23(28-12-16-11-18(25)21(26)31-16)20(17)22(30)29-15-7-5-14(27)6-8-15/h5-8,11-13H,4,9-10H2,1-3H3,(H,29,30)/t13-/m1/s1. The molecule has 0 radical (unpaired) electrons. The SMILES string of the molecule is CC(C)(C)[C@@H]1CCc2c(sc(N=Cc3cc(Br)c(Br)o3)c2C(=O)Nc2ccc(Cl)cc2)C1. The average molecular weight is 599 g/mol. The van der Waals surface area contributed by atoms with Crippen molar-refractivity contribution in [1.82, 2.24) is 0 Å². The molecule has 3 aromatic rings. The highest BCUT2D eigenvalue weighted by Gasteiger charge is 2.33. The number of fused-ring (bicyclic) bond motifs is 1. The predicted octanol–water partition coefficient (Wildman–Crippen LogP) is 8.67. The monoisotopic (exact) mass is 596 g/mol. The van der Waals surface area contributed by atoms with Gasteiger partial charge in [0.2, 0.25) is 0 Å². The van der Waals surface area contributed by atoms with Gasteiger partial charge in [0.15, 0.2) is 4.67 Å². The molecule has 4 nitrogen and oxygen atoms in total. The zero-order valence-electron chi connectivity index (χ0n) is 18.0. The second kappa shape index (κ2) is 9.45. The summed E-state index contributed by atoms with van der Waals surface area (Å²) in [5.41, 5.74) is 2.71. The van der Waals surface area contributed by atoms with Crippen molar-refractivity contribution in [1.29, 1.82) is 0 Å². The van der Waals surface area contributed by atoms with Crippen LogP contribution >= 0.6 is 54.8 Å². The van der Waals surface area contributed by atoms with Crippen LogP contribution in [0.15, 0.2) is 48.9 Å². The average Bonchev–Trinajstić information content (AvgIpc) is 3.26. The molecule has 0 spiro atoms. The third kappa shape index (κ3) is 5.22. The van der Waals surface area contributed by atoms with Crippen LogP contribution in [0.1, 0.15) is 53.8 Å². The lowest BCUT2D eigenvalue weighted by atomic mass is 9.72. The number of nitrogens with zero attached hydrogens (tertiary/aromatic N) is 1. The minimum absolute atomic E-state index is 0.145. The fourth-order valence-electron chi connectivity index (χ4n) is 3.91. The molecule has 1 atom stereocenters. The number of amides is 1. The first-order chi connectivity index (χ1) is 15.1. The quantitative estimate of drug-likeness (QED) is 0.306. The molecule has 1 aliphatic carbocycles. The number of benzene rings is 1. The highest BCUT2D eigenvalue weighted by Crippen LogP contribution is 2.45. The van der Waals surface area contributed by atoms with E-state index in [0.717, 1.165) is 29.3 Å². The molecule has 0 saturated carbocycles. The lowest BCUT2D eigenvalue weighted by Crippen LogP contribution is -2.27. The molecule has 1 amide bonds. The second-order valence-corrected chi connectivity index (χ2v) is 12.1. The maximum atomic E-state index is 13.4. The van der Waals surface area contributed by atoms with E-state index >= 15 is 0 Å². The Labute approximate surface area is 213 Å². The first-order valence-corrected chi connectivity index (χ1v) is 13.1. The van der Waals surface area contributed by atoms with Gasteiger partial charge in [0.1, 0.15) is 10.8 Å². The number of thiophene rings is 1. The van der Waals surface area contributed by atoms with Crippen molar-refractivity contribution in [2.24, 2.45) is 16.3 Å². The smallest absolute Gasteiger partial charge is 0.259 e. The summed E-state index contributed by atoms with van der Waals surface area (Å²) in [5, 5.41) is 4.35. The number of nitrogens with one attached hydrogen (secondary N) is 1. The number of carbonyl (C=O) groups is 1. The van der Waals surface area contributed by atoms with Crippen molar-refractivity contribution in [3.63, 3.8) is 0 Å². The van der Waals surface area contributed by atoms with E-state index in [1.54, 1.807) is 41.8 Å². The van der Waals surface area contributed by atoms with E-state index in [9.17, 15) is 4.79 Å². The van der Waals surface area contributed by atoms with E-state index in [-0.39, 0.29) is 11.3 Å². The third-order valence-electron chi connectivity index (χ3n) is 5.77. The van der Waals surface area contributed by atoms with Gasteiger partial charge in [-0.3, -0.25) is 4.79 Å². The molecule has 8 heteroatoms. The summed E-state index contributed by atoms with van der Waals surface area (Å²) in [6, 6.07) is 8.97. The van der Waals surface area contributed by atoms with Crippen molar-refractivity contribution in [2.45, 2.75) is 40.0 Å². The number of rotatable bonds is 4. The minimum atomic E-state index is -0.145. The van der Waals surface area contributed by atoms with Crippen molar-refractivity contribution in [2.75, 3.05) is 5.32 Å². The van der Waals surface area contributed by atoms with Crippen molar-refractivity contribution >= 4 is 77.6 Å². The molecule has 4 rings (SSSR count). The van der Waals surface area contributed by atoms with Crippen molar-refractivity contribution in [3.05, 3.63) is 66.3 Å². The molecule has 0 unspecified atom stereocenters. The van der Waals surface area contributed by atoms with Crippen LogP contribution in [0, 0.1) is 11.3 Å². The van der Waals surface area contributed by atoms with Gasteiger partial charge in [-0.05, 0) is 92.3 Å². The van der Waals surface area contributed by atoms with Gasteiger partial charge in [-0.2, -0.15) is 0 Å². The van der Waals surface area contributed by atoms with Crippen molar-refractivity contribution in [3.8, 4) is 0 Å². The highest BCUT2D eigenvalue weighted by molar-refractivity contribution is 9.13. The van der Waals surface area contributed by atoms with Crippen LogP contribution < -0.4 is 5.32 Å². The van der Waals surface area contributed by atoms with Crippen LogP contribution in [0.4, 0.5) is 10.7 Å². The lowest BCUT2D eigenvalue weighted by molar-refractivity contribution is 0.102. The predicted molar refractivity (Wildman–Crippen MR) is 140 cm³/mol. The number of hydrogen-bond acceptors (Lipinski definition) is 4. The molecule has 168 valence electrons. The Kier molecular flexibility index (Phi) is 7.01.